The molecule has 0 unspecified atom stereocenters. The highest BCUT2D eigenvalue weighted by molar-refractivity contribution is 6.36. The summed E-state index contributed by atoms with van der Waals surface area (Å²) in [4.78, 5) is 13.8. The van der Waals surface area contributed by atoms with E-state index in [0.717, 1.165) is 18.9 Å². The summed E-state index contributed by atoms with van der Waals surface area (Å²) in [6, 6.07) is 2.29. The van der Waals surface area contributed by atoms with Crippen molar-refractivity contribution in [2.45, 2.75) is 18.9 Å². The molecule has 1 amide bonds. The molecule has 0 aromatic heterocycles. The van der Waals surface area contributed by atoms with E-state index in [1.165, 1.54) is 6.07 Å². The second-order valence-electron chi connectivity index (χ2n) is 4.40. The van der Waals surface area contributed by atoms with Crippen molar-refractivity contribution in [3.05, 3.63) is 33.6 Å². The average molecular weight is 291 g/mol. The molecule has 2 rings (SSSR count). The fourth-order valence-electron chi connectivity index (χ4n) is 2.05. The predicted octanol–water partition coefficient (Wildman–Crippen LogP) is 2.70. The first kappa shape index (κ1) is 13.6. The van der Waals surface area contributed by atoms with E-state index in [0.29, 0.717) is 13.1 Å². The van der Waals surface area contributed by atoms with Gasteiger partial charge in [0.05, 0.1) is 15.6 Å². The summed E-state index contributed by atoms with van der Waals surface area (Å²) in [7, 11) is 0. The third-order valence-corrected chi connectivity index (χ3v) is 3.59. The number of nitrogens with zero attached hydrogens (tertiary/aromatic N) is 1. The Morgan fingerprint density at radius 1 is 1.39 bits per heavy atom. The van der Waals surface area contributed by atoms with Crippen LogP contribution in [0.1, 0.15) is 23.2 Å². The quantitative estimate of drug-likeness (QED) is 0.809. The highest BCUT2D eigenvalue weighted by atomic mass is 35.5. The van der Waals surface area contributed by atoms with Crippen LogP contribution >= 0.6 is 23.2 Å². The van der Waals surface area contributed by atoms with E-state index in [-0.39, 0.29) is 27.6 Å². The van der Waals surface area contributed by atoms with Gasteiger partial charge < -0.3 is 10.6 Å². The van der Waals surface area contributed by atoms with Crippen molar-refractivity contribution in [1.82, 2.24) is 4.90 Å². The Morgan fingerprint density at radius 3 is 2.78 bits per heavy atom. The second-order valence-corrected chi connectivity index (χ2v) is 5.21. The van der Waals surface area contributed by atoms with Crippen molar-refractivity contribution in [2.24, 2.45) is 5.73 Å². The highest BCUT2D eigenvalue weighted by Crippen LogP contribution is 2.26. The lowest BCUT2D eigenvalue weighted by atomic mass is 10.1. The van der Waals surface area contributed by atoms with Gasteiger partial charge in [-0.15, -0.1) is 0 Å². The first-order chi connectivity index (χ1) is 8.49. The number of carbonyl (C=O) groups excluding carboxylic acids is 1. The molecule has 0 aliphatic carbocycles. The number of benzene rings is 1. The number of hydrogen-bond donors (Lipinski definition) is 1. The van der Waals surface area contributed by atoms with Crippen LogP contribution in [0.25, 0.3) is 0 Å². The summed E-state index contributed by atoms with van der Waals surface area (Å²) in [5, 5.41) is 0.0671. The van der Waals surface area contributed by atoms with Crippen LogP contribution in [-0.2, 0) is 0 Å². The Morgan fingerprint density at radius 2 is 2.11 bits per heavy atom. The van der Waals surface area contributed by atoms with E-state index in [2.05, 4.69) is 0 Å². The molecule has 1 aliphatic rings. The van der Waals surface area contributed by atoms with Crippen molar-refractivity contribution < 1.29 is 9.18 Å². The minimum atomic E-state index is -0.647. The van der Waals surface area contributed by atoms with Crippen LogP contribution in [-0.4, -0.2) is 29.9 Å². The summed E-state index contributed by atoms with van der Waals surface area (Å²) in [6.07, 6.45) is 1.74. The summed E-state index contributed by atoms with van der Waals surface area (Å²) in [6.45, 7) is 1.09. The zero-order chi connectivity index (χ0) is 13.3. The van der Waals surface area contributed by atoms with Gasteiger partial charge in [0, 0.05) is 19.1 Å². The molecule has 3 nitrogen and oxygen atoms in total. The molecule has 0 saturated carbocycles. The molecular formula is C12H13Cl2FN2O. The van der Waals surface area contributed by atoms with Gasteiger partial charge in [0.1, 0.15) is 5.82 Å². The SMILES string of the molecule is N[C@H]1CCCN(C(=O)c2cc(F)c(Cl)cc2Cl)C1. The Labute approximate surface area is 115 Å². The molecule has 1 atom stereocenters. The van der Waals surface area contributed by atoms with Gasteiger partial charge in [0.2, 0.25) is 0 Å². The van der Waals surface area contributed by atoms with Gasteiger partial charge in [-0.3, -0.25) is 4.79 Å². The highest BCUT2D eigenvalue weighted by Gasteiger charge is 2.24. The van der Waals surface area contributed by atoms with Crippen molar-refractivity contribution in [3.8, 4) is 0 Å². The van der Waals surface area contributed by atoms with Gasteiger partial charge in [-0.05, 0) is 25.0 Å². The van der Waals surface area contributed by atoms with E-state index >= 15 is 0 Å². The van der Waals surface area contributed by atoms with E-state index in [1.807, 2.05) is 0 Å². The van der Waals surface area contributed by atoms with E-state index in [9.17, 15) is 9.18 Å². The minimum Gasteiger partial charge on any atom is -0.337 e. The van der Waals surface area contributed by atoms with Crippen LogP contribution in [0, 0.1) is 5.82 Å². The minimum absolute atomic E-state index is 0.0291. The van der Waals surface area contributed by atoms with E-state index in [4.69, 9.17) is 28.9 Å². The summed E-state index contributed by atoms with van der Waals surface area (Å²) in [5.41, 5.74) is 5.94. The van der Waals surface area contributed by atoms with Gasteiger partial charge in [-0.1, -0.05) is 23.2 Å². The molecule has 1 saturated heterocycles. The third kappa shape index (κ3) is 2.76. The number of nitrogens with two attached hydrogens (primary N) is 1. The normalized spacial score (nSPS) is 20.0. The lowest BCUT2D eigenvalue weighted by molar-refractivity contribution is 0.0708. The third-order valence-electron chi connectivity index (χ3n) is 2.99. The smallest absolute Gasteiger partial charge is 0.255 e. The Bertz CT molecular complexity index is 481. The standard InChI is InChI=1S/C12H13Cl2FN2O/c13-9-5-10(14)11(15)4-8(9)12(18)17-3-1-2-7(16)6-17/h4-5,7H,1-3,6,16H2/t7-/m0/s1. The van der Waals surface area contributed by atoms with E-state index < -0.39 is 5.82 Å². The number of hydrogen-bond acceptors (Lipinski definition) is 2. The van der Waals surface area contributed by atoms with Gasteiger partial charge in [-0.25, -0.2) is 4.39 Å². The Balaban J connectivity index is 2.25. The monoisotopic (exact) mass is 290 g/mol. The molecule has 18 heavy (non-hydrogen) atoms. The topological polar surface area (TPSA) is 46.3 Å². The van der Waals surface area contributed by atoms with Crippen molar-refractivity contribution in [2.75, 3.05) is 13.1 Å². The average Bonchev–Trinajstić information content (AvgIpc) is 2.33. The Hall–Kier alpha value is -0.840. The molecule has 1 aromatic rings. The van der Waals surface area contributed by atoms with Crippen molar-refractivity contribution in [1.29, 1.82) is 0 Å². The molecule has 6 heteroatoms. The number of halogens is 3. The lowest BCUT2D eigenvalue weighted by Crippen LogP contribution is -2.45. The fraction of sp³-hybridized carbons (Fsp3) is 0.417. The maximum absolute atomic E-state index is 13.4. The van der Waals surface area contributed by atoms with Crippen molar-refractivity contribution >= 4 is 29.1 Å². The van der Waals surface area contributed by atoms with Crippen LogP contribution in [0.4, 0.5) is 4.39 Å². The van der Waals surface area contributed by atoms with Gasteiger partial charge >= 0.3 is 0 Å². The molecule has 1 aromatic carbocycles. The summed E-state index contributed by atoms with van der Waals surface area (Å²) in [5.74, 6) is -0.948. The first-order valence-electron chi connectivity index (χ1n) is 5.68. The number of rotatable bonds is 1. The number of carbonyl (C=O) groups is 1. The first-order valence-corrected chi connectivity index (χ1v) is 6.44. The molecule has 1 aliphatic heterocycles. The molecule has 0 spiro atoms. The van der Waals surface area contributed by atoms with Crippen LogP contribution in [0.15, 0.2) is 12.1 Å². The zero-order valence-corrected chi connectivity index (χ0v) is 11.1. The van der Waals surface area contributed by atoms with Crippen LogP contribution < -0.4 is 5.73 Å². The van der Waals surface area contributed by atoms with Crippen LogP contribution in [0.5, 0.6) is 0 Å². The summed E-state index contributed by atoms with van der Waals surface area (Å²) < 4.78 is 13.4. The van der Waals surface area contributed by atoms with Crippen LogP contribution in [0.2, 0.25) is 10.0 Å². The predicted molar refractivity (Wildman–Crippen MR) is 69.5 cm³/mol. The Kier molecular flexibility index (Phi) is 4.10. The molecule has 98 valence electrons. The molecule has 1 heterocycles. The number of amides is 1. The fourth-order valence-corrected chi connectivity index (χ4v) is 2.52. The lowest BCUT2D eigenvalue weighted by Gasteiger charge is -2.31. The maximum atomic E-state index is 13.4. The van der Waals surface area contributed by atoms with Crippen LogP contribution in [0.3, 0.4) is 0 Å². The zero-order valence-electron chi connectivity index (χ0n) is 9.63. The van der Waals surface area contributed by atoms with Gasteiger partial charge in [0.15, 0.2) is 0 Å². The van der Waals surface area contributed by atoms with E-state index in [1.54, 1.807) is 4.90 Å². The van der Waals surface area contributed by atoms with Crippen molar-refractivity contribution in [3.63, 3.8) is 0 Å². The molecule has 1 fully saturated rings. The molecule has 2 N–H and O–H groups in total. The summed E-state index contributed by atoms with van der Waals surface area (Å²) >= 11 is 11.5. The van der Waals surface area contributed by atoms with Gasteiger partial charge in [0.25, 0.3) is 5.91 Å². The second kappa shape index (κ2) is 5.43. The molecular weight excluding hydrogens is 278 g/mol. The number of piperidine rings is 1. The van der Waals surface area contributed by atoms with Gasteiger partial charge in [-0.2, -0.15) is 0 Å². The molecule has 0 bridgehead atoms. The maximum Gasteiger partial charge on any atom is 0.255 e. The molecule has 0 radical (unpaired) electrons. The number of likely N-dealkylation sites (tertiary alicyclic amines) is 1. The largest absolute Gasteiger partial charge is 0.337 e.